The van der Waals surface area contributed by atoms with Gasteiger partial charge < -0.3 is 10.6 Å². The van der Waals surface area contributed by atoms with Gasteiger partial charge >= 0.3 is 0 Å². The van der Waals surface area contributed by atoms with E-state index in [1.807, 2.05) is 17.0 Å². The third kappa shape index (κ3) is 3.30. The first kappa shape index (κ1) is 14.4. The number of hydrogen-bond donors (Lipinski definition) is 1. The molecule has 1 aliphatic heterocycles. The summed E-state index contributed by atoms with van der Waals surface area (Å²) in [6.45, 7) is 3.03. The molecule has 104 valence electrons. The maximum atomic E-state index is 12.7. The first-order chi connectivity index (χ1) is 9.13. The second-order valence-corrected chi connectivity index (χ2v) is 6.08. The quantitative estimate of drug-likeness (QED) is 0.859. The minimum atomic E-state index is 0.0805. The van der Waals surface area contributed by atoms with Crippen LogP contribution in [0.25, 0.3) is 0 Å². The molecule has 1 aromatic rings. The number of hydrogen-bond acceptors (Lipinski definition) is 2. The molecule has 1 aromatic carbocycles. The van der Waals surface area contributed by atoms with Crippen molar-refractivity contribution < 1.29 is 4.79 Å². The zero-order chi connectivity index (χ0) is 13.8. The fraction of sp³-hybridized carbons (Fsp3) is 0.533. The summed E-state index contributed by atoms with van der Waals surface area (Å²) in [5.74, 6) is 0.0805. The highest BCUT2D eigenvalue weighted by molar-refractivity contribution is 9.10. The molecule has 1 atom stereocenters. The van der Waals surface area contributed by atoms with Gasteiger partial charge in [0.2, 0.25) is 0 Å². The zero-order valence-corrected chi connectivity index (χ0v) is 12.9. The molecule has 1 fully saturated rings. The third-order valence-corrected chi connectivity index (χ3v) is 4.25. The van der Waals surface area contributed by atoms with Gasteiger partial charge in [-0.05, 0) is 43.9 Å². The Morgan fingerprint density at radius 1 is 1.47 bits per heavy atom. The Bertz CT molecular complexity index is 459. The number of anilines is 1. The van der Waals surface area contributed by atoms with Crippen molar-refractivity contribution in [1.82, 2.24) is 4.90 Å². The van der Waals surface area contributed by atoms with Gasteiger partial charge in [-0.3, -0.25) is 4.79 Å². The van der Waals surface area contributed by atoms with E-state index < -0.39 is 0 Å². The van der Waals surface area contributed by atoms with E-state index in [0.717, 1.165) is 36.7 Å². The third-order valence-electron chi connectivity index (χ3n) is 3.76. The number of halogens is 1. The minimum Gasteiger partial charge on any atom is -0.398 e. The molecule has 0 bridgehead atoms. The monoisotopic (exact) mass is 324 g/mol. The van der Waals surface area contributed by atoms with E-state index in [9.17, 15) is 4.79 Å². The molecular formula is C15H21BrN2O. The SMILES string of the molecule is CCCC1CCCCN1C(=O)c1cc(Br)ccc1N. The maximum absolute atomic E-state index is 12.7. The van der Waals surface area contributed by atoms with Crippen LogP contribution >= 0.6 is 15.9 Å². The van der Waals surface area contributed by atoms with Gasteiger partial charge in [0.25, 0.3) is 5.91 Å². The lowest BCUT2D eigenvalue weighted by Crippen LogP contribution is -2.43. The van der Waals surface area contributed by atoms with Gasteiger partial charge in [0.15, 0.2) is 0 Å². The number of amides is 1. The lowest BCUT2D eigenvalue weighted by atomic mass is 9.97. The number of carbonyl (C=O) groups excluding carboxylic acids is 1. The van der Waals surface area contributed by atoms with Crippen LogP contribution < -0.4 is 5.73 Å². The Morgan fingerprint density at radius 2 is 2.26 bits per heavy atom. The average Bonchev–Trinajstić information content (AvgIpc) is 2.42. The number of nitrogens with two attached hydrogens (primary N) is 1. The van der Waals surface area contributed by atoms with Crippen molar-refractivity contribution in [2.75, 3.05) is 12.3 Å². The molecule has 4 heteroatoms. The van der Waals surface area contributed by atoms with E-state index in [4.69, 9.17) is 5.73 Å². The van der Waals surface area contributed by atoms with Gasteiger partial charge in [0, 0.05) is 22.7 Å². The van der Waals surface area contributed by atoms with Crippen molar-refractivity contribution in [3.63, 3.8) is 0 Å². The molecule has 2 N–H and O–H groups in total. The van der Waals surface area contributed by atoms with Crippen LogP contribution in [0.5, 0.6) is 0 Å². The van der Waals surface area contributed by atoms with E-state index >= 15 is 0 Å². The van der Waals surface area contributed by atoms with Crippen LogP contribution in [0.4, 0.5) is 5.69 Å². The number of carbonyl (C=O) groups is 1. The van der Waals surface area contributed by atoms with Crippen LogP contribution in [-0.2, 0) is 0 Å². The summed E-state index contributed by atoms with van der Waals surface area (Å²) in [4.78, 5) is 14.7. The van der Waals surface area contributed by atoms with Crippen molar-refractivity contribution in [2.45, 2.75) is 45.1 Å². The first-order valence-corrected chi connectivity index (χ1v) is 7.78. The number of nitrogens with zero attached hydrogens (tertiary/aromatic N) is 1. The van der Waals surface area contributed by atoms with E-state index in [0.29, 0.717) is 17.3 Å². The van der Waals surface area contributed by atoms with E-state index in [1.54, 1.807) is 6.07 Å². The molecule has 1 unspecified atom stereocenters. The Hall–Kier alpha value is -1.03. The molecule has 19 heavy (non-hydrogen) atoms. The Balaban J connectivity index is 2.23. The van der Waals surface area contributed by atoms with E-state index in [1.165, 1.54) is 6.42 Å². The summed E-state index contributed by atoms with van der Waals surface area (Å²) in [5.41, 5.74) is 7.13. The lowest BCUT2D eigenvalue weighted by molar-refractivity contribution is 0.0601. The maximum Gasteiger partial charge on any atom is 0.256 e. The molecular weight excluding hydrogens is 304 g/mol. The number of rotatable bonds is 3. The predicted octanol–water partition coefficient (Wildman–Crippen LogP) is 3.83. The standard InChI is InChI=1S/C15H21BrN2O/c1-2-5-12-6-3-4-9-18(12)15(19)13-10-11(16)7-8-14(13)17/h7-8,10,12H,2-6,9,17H2,1H3. The molecule has 0 aromatic heterocycles. The lowest BCUT2D eigenvalue weighted by Gasteiger charge is -2.36. The van der Waals surface area contributed by atoms with Gasteiger partial charge in [-0.2, -0.15) is 0 Å². The van der Waals surface area contributed by atoms with E-state index in [2.05, 4.69) is 22.9 Å². The fourth-order valence-corrected chi connectivity index (χ4v) is 3.13. The summed E-state index contributed by atoms with van der Waals surface area (Å²) < 4.78 is 0.897. The van der Waals surface area contributed by atoms with Crippen molar-refractivity contribution in [3.8, 4) is 0 Å². The summed E-state index contributed by atoms with van der Waals surface area (Å²) in [5, 5.41) is 0. The molecule has 2 rings (SSSR count). The van der Waals surface area contributed by atoms with Gasteiger partial charge in [-0.15, -0.1) is 0 Å². The van der Waals surface area contributed by atoms with Gasteiger partial charge in [-0.25, -0.2) is 0 Å². The molecule has 0 radical (unpaired) electrons. The van der Waals surface area contributed by atoms with Crippen LogP contribution in [0.15, 0.2) is 22.7 Å². The highest BCUT2D eigenvalue weighted by Gasteiger charge is 2.27. The summed E-state index contributed by atoms with van der Waals surface area (Å²) >= 11 is 3.41. The number of nitrogen functional groups attached to an aromatic ring is 1. The van der Waals surface area contributed by atoms with Crippen LogP contribution in [0, 0.1) is 0 Å². The smallest absolute Gasteiger partial charge is 0.256 e. The normalized spacial score (nSPS) is 19.5. The fourth-order valence-electron chi connectivity index (χ4n) is 2.77. The zero-order valence-electron chi connectivity index (χ0n) is 11.4. The van der Waals surface area contributed by atoms with E-state index in [-0.39, 0.29) is 5.91 Å². The molecule has 0 aliphatic carbocycles. The molecule has 0 spiro atoms. The summed E-state index contributed by atoms with van der Waals surface area (Å²) in [6.07, 6.45) is 5.64. The van der Waals surface area contributed by atoms with Crippen molar-refractivity contribution in [3.05, 3.63) is 28.2 Å². The largest absolute Gasteiger partial charge is 0.398 e. The van der Waals surface area contributed by atoms with Crippen molar-refractivity contribution in [2.24, 2.45) is 0 Å². The number of piperidine rings is 1. The second kappa shape index (κ2) is 6.42. The van der Waals surface area contributed by atoms with Crippen molar-refractivity contribution >= 4 is 27.5 Å². The summed E-state index contributed by atoms with van der Waals surface area (Å²) in [6, 6.07) is 5.86. The predicted molar refractivity (Wildman–Crippen MR) is 82.1 cm³/mol. The van der Waals surface area contributed by atoms with Crippen molar-refractivity contribution in [1.29, 1.82) is 0 Å². The Kier molecular flexibility index (Phi) is 4.86. The highest BCUT2D eigenvalue weighted by Crippen LogP contribution is 2.26. The molecule has 1 saturated heterocycles. The van der Waals surface area contributed by atoms with Crippen LogP contribution in [0.2, 0.25) is 0 Å². The first-order valence-electron chi connectivity index (χ1n) is 6.99. The van der Waals surface area contributed by atoms with Crippen LogP contribution in [0.3, 0.4) is 0 Å². The molecule has 1 aliphatic rings. The minimum absolute atomic E-state index is 0.0805. The molecule has 3 nitrogen and oxygen atoms in total. The molecule has 1 amide bonds. The van der Waals surface area contributed by atoms with Crippen LogP contribution in [-0.4, -0.2) is 23.4 Å². The van der Waals surface area contributed by atoms with Crippen LogP contribution in [0.1, 0.15) is 49.4 Å². The molecule has 1 heterocycles. The van der Waals surface area contributed by atoms with Gasteiger partial charge in [0.05, 0.1) is 5.56 Å². The van der Waals surface area contributed by atoms with Gasteiger partial charge in [-0.1, -0.05) is 29.3 Å². The number of benzene rings is 1. The number of likely N-dealkylation sites (tertiary alicyclic amines) is 1. The average molecular weight is 325 g/mol. The second-order valence-electron chi connectivity index (χ2n) is 5.17. The Labute approximate surface area is 123 Å². The summed E-state index contributed by atoms with van der Waals surface area (Å²) in [7, 11) is 0. The van der Waals surface area contributed by atoms with Gasteiger partial charge in [0.1, 0.15) is 0 Å². The topological polar surface area (TPSA) is 46.3 Å². The Morgan fingerprint density at radius 3 is 3.00 bits per heavy atom. The molecule has 0 saturated carbocycles. The highest BCUT2D eigenvalue weighted by atomic mass is 79.9.